The number of hydrogen-bond donors (Lipinski definition) is 2. The van der Waals surface area contributed by atoms with Crippen LogP contribution in [0, 0.1) is 0 Å². The summed E-state index contributed by atoms with van der Waals surface area (Å²) >= 11 is 0. The molecule has 0 saturated heterocycles. The summed E-state index contributed by atoms with van der Waals surface area (Å²) in [6.07, 6.45) is 1.38. The highest BCUT2D eigenvalue weighted by Crippen LogP contribution is 1.94. The SMILES string of the molecule is NC(=O)Cn1cc(N)ccc1=O. The number of anilines is 1. The molecule has 4 N–H and O–H groups in total. The monoisotopic (exact) mass is 167 g/mol. The standard InChI is InChI=1S/C7H9N3O2/c8-5-1-2-7(12)10(3-5)4-6(9)11/h1-3H,4,8H2,(H2,9,11). The maximum absolute atomic E-state index is 11.0. The van der Waals surface area contributed by atoms with E-state index in [1.807, 2.05) is 0 Å². The van der Waals surface area contributed by atoms with E-state index in [2.05, 4.69) is 0 Å². The molecular weight excluding hydrogens is 158 g/mol. The Balaban J connectivity index is 3.06. The molecule has 64 valence electrons. The van der Waals surface area contributed by atoms with Gasteiger partial charge in [-0.2, -0.15) is 0 Å². The summed E-state index contributed by atoms with van der Waals surface area (Å²) in [6.45, 7) is -0.135. The maximum Gasteiger partial charge on any atom is 0.251 e. The van der Waals surface area contributed by atoms with E-state index in [0.717, 1.165) is 4.57 Å². The van der Waals surface area contributed by atoms with Gasteiger partial charge in [-0.15, -0.1) is 0 Å². The molecule has 0 radical (unpaired) electrons. The van der Waals surface area contributed by atoms with Gasteiger partial charge in [-0.3, -0.25) is 9.59 Å². The Bertz CT molecular complexity index is 356. The average Bonchev–Trinajstić information content (AvgIpc) is 1.96. The van der Waals surface area contributed by atoms with Crippen LogP contribution in [0.5, 0.6) is 0 Å². The molecule has 0 spiro atoms. The molecule has 0 aliphatic heterocycles. The van der Waals surface area contributed by atoms with Crippen LogP contribution in [0.1, 0.15) is 0 Å². The molecule has 0 aliphatic carbocycles. The Labute approximate surface area is 68.6 Å². The number of aromatic nitrogens is 1. The lowest BCUT2D eigenvalue weighted by molar-refractivity contribution is -0.118. The van der Waals surface area contributed by atoms with Crippen molar-refractivity contribution in [2.75, 3.05) is 5.73 Å². The highest BCUT2D eigenvalue weighted by Gasteiger charge is 1.99. The van der Waals surface area contributed by atoms with Crippen LogP contribution in [0.4, 0.5) is 5.69 Å². The molecule has 1 rings (SSSR count). The van der Waals surface area contributed by atoms with E-state index in [9.17, 15) is 9.59 Å². The lowest BCUT2D eigenvalue weighted by atomic mass is 10.4. The summed E-state index contributed by atoms with van der Waals surface area (Å²) in [7, 11) is 0. The van der Waals surface area contributed by atoms with Crippen molar-refractivity contribution in [3.63, 3.8) is 0 Å². The molecule has 12 heavy (non-hydrogen) atoms. The first-order valence-corrected chi connectivity index (χ1v) is 3.34. The van der Waals surface area contributed by atoms with Crippen LogP contribution < -0.4 is 17.0 Å². The van der Waals surface area contributed by atoms with Crippen molar-refractivity contribution in [1.29, 1.82) is 0 Å². The smallest absolute Gasteiger partial charge is 0.251 e. The van der Waals surface area contributed by atoms with Gasteiger partial charge in [0.1, 0.15) is 6.54 Å². The number of hydrogen-bond acceptors (Lipinski definition) is 3. The molecule has 5 nitrogen and oxygen atoms in total. The van der Waals surface area contributed by atoms with Crippen molar-refractivity contribution in [2.45, 2.75) is 6.54 Å². The van der Waals surface area contributed by atoms with Gasteiger partial charge in [-0.25, -0.2) is 0 Å². The third-order valence-corrected chi connectivity index (χ3v) is 1.33. The minimum Gasteiger partial charge on any atom is -0.398 e. The van der Waals surface area contributed by atoms with Gasteiger partial charge >= 0.3 is 0 Å². The van der Waals surface area contributed by atoms with E-state index < -0.39 is 5.91 Å². The van der Waals surface area contributed by atoms with E-state index in [-0.39, 0.29) is 12.1 Å². The van der Waals surface area contributed by atoms with Crippen molar-refractivity contribution in [3.05, 3.63) is 28.7 Å². The summed E-state index contributed by atoms with van der Waals surface area (Å²) in [5.74, 6) is -0.567. The largest absolute Gasteiger partial charge is 0.398 e. The first-order chi connectivity index (χ1) is 5.59. The number of nitrogens with zero attached hydrogens (tertiary/aromatic N) is 1. The Morgan fingerprint density at radius 1 is 1.50 bits per heavy atom. The zero-order valence-corrected chi connectivity index (χ0v) is 6.36. The van der Waals surface area contributed by atoms with E-state index in [0.29, 0.717) is 5.69 Å². The average molecular weight is 167 g/mol. The fourth-order valence-electron chi connectivity index (χ4n) is 0.841. The highest BCUT2D eigenvalue weighted by molar-refractivity contribution is 5.73. The molecule has 1 heterocycles. The quantitative estimate of drug-likeness (QED) is 0.586. The van der Waals surface area contributed by atoms with Gasteiger partial charge in [-0.1, -0.05) is 0 Å². The minimum absolute atomic E-state index is 0.135. The van der Waals surface area contributed by atoms with Crippen molar-refractivity contribution >= 4 is 11.6 Å². The van der Waals surface area contributed by atoms with Gasteiger partial charge < -0.3 is 16.0 Å². The molecule has 0 aromatic carbocycles. The van der Waals surface area contributed by atoms with E-state index in [1.54, 1.807) is 0 Å². The lowest BCUT2D eigenvalue weighted by Gasteiger charge is -2.01. The predicted octanol–water partition coefficient (Wildman–Crippen LogP) is -1.08. The maximum atomic E-state index is 11.0. The second-order valence-corrected chi connectivity index (χ2v) is 2.39. The highest BCUT2D eigenvalue weighted by atomic mass is 16.2. The Morgan fingerprint density at radius 2 is 2.17 bits per heavy atom. The van der Waals surface area contributed by atoms with Crippen molar-refractivity contribution in [1.82, 2.24) is 4.57 Å². The number of carbonyl (C=O) groups is 1. The van der Waals surface area contributed by atoms with Crippen LogP contribution in [0.25, 0.3) is 0 Å². The van der Waals surface area contributed by atoms with Crippen LogP contribution in [-0.4, -0.2) is 10.5 Å². The van der Waals surface area contributed by atoms with Gasteiger partial charge in [-0.05, 0) is 6.07 Å². The normalized spacial score (nSPS) is 9.67. The minimum atomic E-state index is -0.567. The van der Waals surface area contributed by atoms with Gasteiger partial charge in [0.05, 0.1) is 0 Å². The first-order valence-electron chi connectivity index (χ1n) is 3.34. The van der Waals surface area contributed by atoms with Crippen LogP contribution in [0.3, 0.4) is 0 Å². The van der Waals surface area contributed by atoms with E-state index in [4.69, 9.17) is 11.5 Å². The molecule has 1 aromatic heterocycles. The van der Waals surface area contributed by atoms with Crippen molar-refractivity contribution < 1.29 is 4.79 Å². The van der Waals surface area contributed by atoms with Crippen LogP contribution >= 0.6 is 0 Å². The third-order valence-electron chi connectivity index (χ3n) is 1.33. The Kier molecular flexibility index (Phi) is 2.14. The molecular formula is C7H9N3O2. The third kappa shape index (κ3) is 1.85. The number of nitrogens with two attached hydrogens (primary N) is 2. The Morgan fingerprint density at radius 3 is 2.75 bits per heavy atom. The van der Waals surface area contributed by atoms with Gasteiger partial charge in [0.2, 0.25) is 5.91 Å². The van der Waals surface area contributed by atoms with Gasteiger partial charge in [0.15, 0.2) is 0 Å². The number of carbonyl (C=O) groups excluding carboxylic acids is 1. The zero-order valence-electron chi connectivity index (χ0n) is 6.36. The summed E-state index contributed by atoms with van der Waals surface area (Å²) in [5.41, 5.74) is 10.4. The summed E-state index contributed by atoms with van der Waals surface area (Å²) in [6, 6.07) is 2.76. The zero-order chi connectivity index (χ0) is 9.14. The number of rotatable bonds is 2. The number of primary amides is 1. The van der Waals surface area contributed by atoms with Gasteiger partial charge in [0.25, 0.3) is 5.56 Å². The molecule has 0 fully saturated rings. The second kappa shape index (κ2) is 3.08. The Hall–Kier alpha value is -1.78. The fourth-order valence-corrected chi connectivity index (χ4v) is 0.841. The molecule has 1 amide bonds. The van der Waals surface area contributed by atoms with Crippen molar-refractivity contribution in [2.24, 2.45) is 5.73 Å². The van der Waals surface area contributed by atoms with Crippen LogP contribution in [0.2, 0.25) is 0 Å². The molecule has 5 heteroatoms. The summed E-state index contributed by atoms with van der Waals surface area (Å²) < 4.78 is 1.16. The topological polar surface area (TPSA) is 91.1 Å². The molecule has 0 atom stereocenters. The number of nitrogen functional groups attached to an aromatic ring is 1. The van der Waals surface area contributed by atoms with Crippen molar-refractivity contribution in [3.8, 4) is 0 Å². The van der Waals surface area contributed by atoms with E-state index >= 15 is 0 Å². The predicted molar refractivity (Wildman–Crippen MR) is 44.3 cm³/mol. The molecule has 0 saturated carbocycles. The summed E-state index contributed by atoms with van der Waals surface area (Å²) in [5, 5.41) is 0. The molecule has 1 aromatic rings. The molecule has 0 unspecified atom stereocenters. The molecule has 0 bridgehead atoms. The van der Waals surface area contributed by atoms with Crippen LogP contribution in [0.15, 0.2) is 23.1 Å². The molecule has 0 aliphatic rings. The second-order valence-electron chi connectivity index (χ2n) is 2.39. The van der Waals surface area contributed by atoms with Gasteiger partial charge in [0, 0.05) is 18.0 Å². The number of amides is 1. The first kappa shape index (κ1) is 8.32. The fraction of sp³-hybridized carbons (Fsp3) is 0.143. The lowest BCUT2D eigenvalue weighted by Crippen LogP contribution is -2.27. The summed E-state index contributed by atoms with van der Waals surface area (Å²) in [4.78, 5) is 21.5. The van der Waals surface area contributed by atoms with Crippen LogP contribution in [-0.2, 0) is 11.3 Å². The van der Waals surface area contributed by atoms with E-state index in [1.165, 1.54) is 18.3 Å². The number of pyridine rings is 1.